The number of rotatable bonds is 10. The van der Waals surface area contributed by atoms with Gasteiger partial charge in [0.15, 0.2) is 0 Å². The number of carbonyl (C=O) groups is 2. The molecule has 0 aromatic heterocycles. The Morgan fingerprint density at radius 1 is 1.37 bits per heavy atom. The fourth-order valence-electron chi connectivity index (χ4n) is 1.59. The van der Waals surface area contributed by atoms with E-state index in [0.717, 1.165) is 13.0 Å². The summed E-state index contributed by atoms with van der Waals surface area (Å²) in [6.07, 6.45) is 5.71. The van der Waals surface area contributed by atoms with E-state index in [2.05, 4.69) is 16.0 Å². The average Bonchev–Trinajstić information content (AvgIpc) is 3.17. The quantitative estimate of drug-likeness (QED) is 0.443. The van der Waals surface area contributed by atoms with E-state index in [1.807, 2.05) is 6.26 Å². The van der Waals surface area contributed by atoms with Crippen LogP contribution in [0.1, 0.15) is 25.7 Å². The molecule has 0 aliphatic heterocycles. The van der Waals surface area contributed by atoms with E-state index in [9.17, 15) is 9.59 Å². The number of hydrogen-bond acceptors (Lipinski definition) is 4. The van der Waals surface area contributed by atoms with Crippen molar-refractivity contribution in [3.63, 3.8) is 0 Å². The first kappa shape index (κ1) is 16.1. The molecule has 0 spiro atoms. The van der Waals surface area contributed by atoms with Gasteiger partial charge in [-0.1, -0.05) is 0 Å². The number of thioether (sulfide) groups is 1. The maximum atomic E-state index is 11.5. The molecule has 110 valence electrons. The molecule has 1 fully saturated rings. The van der Waals surface area contributed by atoms with Crippen LogP contribution in [0.5, 0.6) is 0 Å². The van der Waals surface area contributed by atoms with Crippen molar-refractivity contribution in [2.75, 3.05) is 25.1 Å². The Balaban J connectivity index is 2.06. The molecule has 1 saturated carbocycles. The minimum Gasteiger partial charge on any atom is -0.480 e. The highest BCUT2D eigenvalue weighted by Crippen LogP contribution is 2.18. The molecule has 19 heavy (non-hydrogen) atoms. The van der Waals surface area contributed by atoms with E-state index in [4.69, 9.17) is 5.11 Å². The maximum Gasteiger partial charge on any atom is 0.326 e. The Kier molecular flexibility index (Phi) is 7.66. The molecule has 1 aliphatic carbocycles. The van der Waals surface area contributed by atoms with Gasteiger partial charge in [0.25, 0.3) is 0 Å². The Labute approximate surface area is 118 Å². The molecule has 1 aliphatic rings. The van der Waals surface area contributed by atoms with Gasteiger partial charge in [0.1, 0.15) is 6.04 Å². The highest BCUT2D eigenvalue weighted by molar-refractivity contribution is 7.98. The van der Waals surface area contributed by atoms with Gasteiger partial charge in [-0.2, -0.15) is 11.8 Å². The SMILES string of the molecule is CSCC[C@@H](NC(=O)NCCCNC1CC1)C(=O)O. The molecule has 0 aromatic carbocycles. The van der Waals surface area contributed by atoms with Crippen molar-refractivity contribution in [1.82, 2.24) is 16.0 Å². The molecular weight excluding hydrogens is 266 g/mol. The summed E-state index contributed by atoms with van der Waals surface area (Å²) in [5, 5.41) is 17.5. The summed E-state index contributed by atoms with van der Waals surface area (Å²) >= 11 is 1.56. The van der Waals surface area contributed by atoms with Gasteiger partial charge in [-0.15, -0.1) is 0 Å². The molecule has 1 atom stereocenters. The van der Waals surface area contributed by atoms with Gasteiger partial charge in [-0.05, 0) is 44.2 Å². The number of nitrogens with one attached hydrogen (secondary N) is 3. The first-order valence-corrected chi connectivity index (χ1v) is 8.02. The zero-order valence-corrected chi connectivity index (χ0v) is 12.1. The van der Waals surface area contributed by atoms with Gasteiger partial charge in [0.05, 0.1) is 0 Å². The molecular formula is C12H23N3O3S. The molecule has 0 heterocycles. The molecule has 2 amide bonds. The number of amides is 2. The zero-order chi connectivity index (χ0) is 14.1. The van der Waals surface area contributed by atoms with Gasteiger partial charge >= 0.3 is 12.0 Å². The van der Waals surface area contributed by atoms with Gasteiger partial charge in [0, 0.05) is 12.6 Å². The highest BCUT2D eigenvalue weighted by Gasteiger charge is 2.20. The van der Waals surface area contributed by atoms with E-state index in [-0.39, 0.29) is 0 Å². The molecule has 0 saturated heterocycles. The van der Waals surface area contributed by atoms with Crippen molar-refractivity contribution >= 4 is 23.8 Å². The summed E-state index contributed by atoms with van der Waals surface area (Å²) in [7, 11) is 0. The molecule has 4 N–H and O–H groups in total. The second kappa shape index (κ2) is 9.03. The molecule has 0 aromatic rings. The number of carboxylic acids is 1. The van der Waals surface area contributed by atoms with Crippen molar-refractivity contribution in [2.45, 2.75) is 37.8 Å². The topological polar surface area (TPSA) is 90.5 Å². The number of aliphatic carboxylic acids is 1. The van der Waals surface area contributed by atoms with Crippen molar-refractivity contribution in [2.24, 2.45) is 0 Å². The van der Waals surface area contributed by atoms with Gasteiger partial charge < -0.3 is 21.1 Å². The van der Waals surface area contributed by atoms with Crippen LogP contribution in [0.3, 0.4) is 0 Å². The van der Waals surface area contributed by atoms with Crippen molar-refractivity contribution in [1.29, 1.82) is 0 Å². The number of hydrogen-bond donors (Lipinski definition) is 4. The lowest BCUT2D eigenvalue weighted by molar-refractivity contribution is -0.139. The average molecular weight is 289 g/mol. The number of carboxylic acid groups (broad SMARTS) is 1. The van der Waals surface area contributed by atoms with Crippen molar-refractivity contribution in [3.05, 3.63) is 0 Å². The first-order valence-electron chi connectivity index (χ1n) is 6.63. The maximum absolute atomic E-state index is 11.5. The van der Waals surface area contributed by atoms with Crippen LogP contribution in [0.15, 0.2) is 0 Å². The van der Waals surface area contributed by atoms with Gasteiger partial charge in [-0.25, -0.2) is 9.59 Å². The standard InChI is InChI=1S/C12H23N3O3S/c1-19-8-5-10(11(16)17)15-12(18)14-7-2-6-13-9-3-4-9/h9-10,13H,2-8H2,1H3,(H,16,17)(H2,14,15,18)/t10-/m1/s1. The van der Waals surface area contributed by atoms with Crippen LogP contribution in [-0.2, 0) is 4.79 Å². The molecule has 0 radical (unpaired) electrons. The van der Waals surface area contributed by atoms with Crippen LogP contribution in [0.2, 0.25) is 0 Å². The monoisotopic (exact) mass is 289 g/mol. The van der Waals surface area contributed by atoms with Crippen LogP contribution in [0, 0.1) is 0 Å². The first-order chi connectivity index (χ1) is 9.13. The predicted molar refractivity (Wildman–Crippen MR) is 76.6 cm³/mol. The second-order valence-corrected chi connectivity index (χ2v) is 5.64. The van der Waals surface area contributed by atoms with E-state index >= 15 is 0 Å². The smallest absolute Gasteiger partial charge is 0.326 e. The Morgan fingerprint density at radius 2 is 2.11 bits per heavy atom. The summed E-state index contributed by atoms with van der Waals surface area (Å²) < 4.78 is 0. The van der Waals surface area contributed by atoms with E-state index in [1.165, 1.54) is 12.8 Å². The number of carbonyl (C=O) groups excluding carboxylic acids is 1. The summed E-state index contributed by atoms with van der Waals surface area (Å²) in [5.41, 5.74) is 0. The van der Waals surface area contributed by atoms with Crippen molar-refractivity contribution < 1.29 is 14.7 Å². The lowest BCUT2D eigenvalue weighted by Crippen LogP contribution is -2.46. The summed E-state index contributed by atoms with van der Waals surface area (Å²) in [5.74, 6) is -0.276. The minimum absolute atomic E-state index is 0.403. The summed E-state index contributed by atoms with van der Waals surface area (Å²) in [6.45, 7) is 1.44. The van der Waals surface area contributed by atoms with E-state index in [0.29, 0.717) is 24.8 Å². The fourth-order valence-corrected chi connectivity index (χ4v) is 2.06. The van der Waals surface area contributed by atoms with Crippen LogP contribution in [-0.4, -0.2) is 54.3 Å². The largest absolute Gasteiger partial charge is 0.480 e. The zero-order valence-electron chi connectivity index (χ0n) is 11.3. The third kappa shape index (κ3) is 7.94. The Hall–Kier alpha value is -0.950. The molecule has 0 bridgehead atoms. The molecule has 0 unspecified atom stereocenters. The molecule has 7 heteroatoms. The lowest BCUT2D eigenvalue weighted by Gasteiger charge is -2.14. The van der Waals surface area contributed by atoms with Crippen molar-refractivity contribution in [3.8, 4) is 0 Å². The second-order valence-electron chi connectivity index (χ2n) is 4.65. The number of urea groups is 1. The lowest BCUT2D eigenvalue weighted by atomic mass is 10.2. The van der Waals surface area contributed by atoms with Crippen LogP contribution < -0.4 is 16.0 Å². The van der Waals surface area contributed by atoms with Crippen LogP contribution >= 0.6 is 11.8 Å². The summed E-state index contributed by atoms with van der Waals surface area (Å²) in [6, 6.07) is -0.534. The minimum atomic E-state index is -0.986. The normalized spacial score (nSPS) is 15.8. The van der Waals surface area contributed by atoms with E-state index < -0.39 is 18.0 Å². The van der Waals surface area contributed by atoms with Gasteiger partial charge in [-0.3, -0.25) is 0 Å². The third-order valence-electron chi connectivity index (χ3n) is 2.86. The van der Waals surface area contributed by atoms with Crippen LogP contribution in [0.25, 0.3) is 0 Å². The Bertz CT molecular complexity index is 298. The van der Waals surface area contributed by atoms with Crippen LogP contribution in [0.4, 0.5) is 4.79 Å². The molecule has 1 rings (SSSR count). The highest BCUT2D eigenvalue weighted by atomic mass is 32.2. The third-order valence-corrected chi connectivity index (χ3v) is 3.51. The fraction of sp³-hybridized carbons (Fsp3) is 0.833. The Morgan fingerprint density at radius 3 is 2.68 bits per heavy atom. The summed E-state index contributed by atoms with van der Waals surface area (Å²) in [4.78, 5) is 22.5. The van der Waals surface area contributed by atoms with E-state index in [1.54, 1.807) is 11.8 Å². The predicted octanol–water partition coefficient (Wildman–Crippen LogP) is 0.634. The van der Waals surface area contributed by atoms with Gasteiger partial charge in [0.2, 0.25) is 0 Å². The molecule has 6 nitrogen and oxygen atoms in total.